The molecule has 0 aliphatic carbocycles. The molecule has 1 aliphatic rings. The molecule has 1 aromatic carbocycles. The number of nitrogens with one attached hydrogen (secondary N) is 1. The Hall–Kier alpha value is -2.67. The van der Waals surface area contributed by atoms with Gasteiger partial charge in [-0.25, -0.2) is 9.97 Å². The first-order chi connectivity index (χ1) is 12.1. The van der Waals surface area contributed by atoms with E-state index in [9.17, 15) is 4.79 Å². The minimum Gasteiger partial charge on any atom is -0.490 e. The number of nitrogens with zero attached hydrogens (tertiary/aromatic N) is 3. The van der Waals surface area contributed by atoms with Gasteiger partial charge in [-0.15, -0.1) is 11.3 Å². The van der Waals surface area contributed by atoms with Crippen LogP contribution in [0.25, 0.3) is 11.3 Å². The summed E-state index contributed by atoms with van der Waals surface area (Å²) in [5.74, 6) is 0.837. The summed E-state index contributed by atoms with van der Waals surface area (Å²) in [6.07, 6.45) is 6.19. The molecule has 1 N–H and O–H groups in total. The van der Waals surface area contributed by atoms with Crippen molar-refractivity contribution in [2.45, 2.75) is 32.4 Å². The van der Waals surface area contributed by atoms with E-state index in [0.29, 0.717) is 5.13 Å². The average Bonchev–Trinajstić information content (AvgIpc) is 3.33. The fourth-order valence-electron chi connectivity index (χ4n) is 2.89. The van der Waals surface area contributed by atoms with Crippen molar-refractivity contribution < 1.29 is 9.53 Å². The number of aromatic nitrogens is 3. The third-order valence-corrected chi connectivity index (χ3v) is 5.04. The van der Waals surface area contributed by atoms with Gasteiger partial charge in [-0.2, -0.15) is 0 Å². The number of benzene rings is 1. The molecule has 1 aliphatic heterocycles. The number of imidazole rings is 1. The second-order valence-electron chi connectivity index (χ2n) is 6.17. The Morgan fingerprint density at radius 1 is 1.48 bits per heavy atom. The Labute approximate surface area is 149 Å². The third-order valence-electron chi connectivity index (χ3n) is 4.28. The summed E-state index contributed by atoms with van der Waals surface area (Å²) in [7, 11) is 0. The molecule has 2 atom stereocenters. The highest BCUT2D eigenvalue weighted by atomic mass is 32.1. The van der Waals surface area contributed by atoms with Crippen molar-refractivity contribution >= 4 is 22.4 Å². The van der Waals surface area contributed by atoms with Crippen LogP contribution in [0.4, 0.5) is 5.13 Å². The third kappa shape index (κ3) is 3.15. The average molecular weight is 354 g/mol. The summed E-state index contributed by atoms with van der Waals surface area (Å²) in [6.45, 7) is 3.89. The summed E-state index contributed by atoms with van der Waals surface area (Å²) in [4.78, 5) is 20.9. The molecule has 3 heterocycles. The van der Waals surface area contributed by atoms with Crippen molar-refractivity contribution in [3.05, 3.63) is 47.9 Å². The molecule has 3 aromatic rings. The molecule has 25 heavy (non-hydrogen) atoms. The van der Waals surface area contributed by atoms with Gasteiger partial charge in [0.2, 0.25) is 5.91 Å². The quantitative estimate of drug-likeness (QED) is 0.778. The van der Waals surface area contributed by atoms with Gasteiger partial charge >= 0.3 is 0 Å². The molecule has 7 heteroatoms. The molecule has 1 amide bonds. The minimum absolute atomic E-state index is 0.116. The van der Waals surface area contributed by atoms with Crippen molar-refractivity contribution in [3.8, 4) is 17.0 Å². The molecule has 2 aromatic heterocycles. The van der Waals surface area contributed by atoms with Crippen LogP contribution in [-0.4, -0.2) is 26.5 Å². The predicted molar refractivity (Wildman–Crippen MR) is 96.9 cm³/mol. The van der Waals surface area contributed by atoms with E-state index in [2.05, 4.69) is 28.3 Å². The molecule has 0 fully saturated rings. The summed E-state index contributed by atoms with van der Waals surface area (Å²) < 4.78 is 7.49. The van der Waals surface area contributed by atoms with E-state index in [0.717, 1.165) is 23.4 Å². The maximum Gasteiger partial charge on any atom is 0.248 e. The van der Waals surface area contributed by atoms with Gasteiger partial charge < -0.3 is 14.6 Å². The highest BCUT2D eigenvalue weighted by molar-refractivity contribution is 7.14. The Kier molecular flexibility index (Phi) is 4.01. The van der Waals surface area contributed by atoms with Gasteiger partial charge in [-0.05, 0) is 37.6 Å². The maximum absolute atomic E-state index is 12.3. The lowest BCUT2D eigenvalue weighted by Gasteiger charge is -2.11. The number of hydrogen-bond acceptors (Lipinski definition) is 5. The summed E-state index contributed by atoms with van der Waals surface area (Å²) >= 11 is 1.42. The van der Waals surface area contributed by atoms with E-state index in [-0.39, 0.29) is 18.1 Å². The van der Waals surface area contributed by atoms with Crippen molar-refractivity contribution in [3.63, 3.8) is 0 Å². The number of amides is 1. The molecular formula is C18H18N4O2S. The molecule has 0 saturated heterocycles. The van der Waals surface area contributed by atoms with Crippen LogP contribution in [0.5, 0.6) is 5.75 Å². The normalized spacial score (nSPS) is 17.0. The van der Waals surface area contributed by atoms with Crippen molar-refractivity contribution in [2.24, 2.45) is 0 Å². The van der Waals surface area contributed by atoms with E-state index < -0.39 is 0 Å². The van der Waals surface area contributed by atoms with E-state index >= 15 is 0 Å². The highest BCUT2D eigenvalue weighted by Crippen LogP contribution is 2.33. The Balaban J connectivity index is 1.49. The number of carbonyl (C=O) groups is 1. The molecule has 0 radical (unpaired) electrons. The van der Waals surface area contributed by atoms with Gasteiger partial charge in [0.1, 0.15) is 17.9 Å². The van der Waals surface area contributed by atoms with Crippen LogP contribution in [0.15, 0.2) is 42.3 Å². The first-order valence-electron chi connectivity index (χ1n) is 8.14. The zero-order chi connectivity index (χ0) is 17.4. The fourth-order valence-corrected chi connectivity index (χ4v) is 3.61. The maximum atomic E-state index is 12.3. The predicted octanol–water partition coefficient (Wildman–Crippen LogP) is 3.53. The largest absolute Gasteiger partial charge is 0.490 e. The lowest BCUT2D eigenvalue weighted by molar-refractivity contribution is -0.118. The van der Waals surface area contributed by atoms with Crippen LogP contribution in [0, 0.1) is 0 Å². The number of anilines is 1. The Morgan fingerprint density at radius 3 is 3.16 bits per heavy atom. The number of hydrogen-bond donors (Lipinski definition) is 1. The second-order valence-corrected chi connectivity index (χ2v) is 7.03. The van der Waals surface area contributed by atoms with E-state index in [1.807, 2.05) is 24.4 Å². The molecule has 128 valence electrons. The second kappa shape index (κ2) is 6.33. The van der Waals surface area contributed by atoms with Crippen molar-refractivity contribution in [1.29, 1.82) is 0 Å². The first kappa shape index (κ1) is 15.8. The molecule has 0 unspecified atom stereocenters. The van der Waals surface area contributed by atoms with Crippen LogP contribution in [-0.2, 0) is 11.2 Å². The smallest absolute Gasteiger partial charge is 0.248 e. The molecule has 4 rings (SSSR count). The number of carbonyl (C=O) groups excluding carboxylic acids is 1. The molecule has 0 saturated carbocycles. The Bertz CT molecular complexity index is 904. The number of thiazole rings is 1. The topological polar surface area (TPSA) is 69.0 Å². The zero-order valence-electron chi connectivity index (χ0n) is 14.0. The van der Waals surface area contributed by atoms with E-state index in [1.54, 1.807) is 23.3 Å². The van der Waals surface area contributed by atoms with Crippen LogP contribution in [0.3, 0.4) is 0 Å². The summed E-state index contributed by atoms with van der Waals surface area (Å²) in [5, 5.41) is 5.43. The van der Waals surface area contributed by atoms with Gasteiger partial charge in [0, 0.05) is 29.8 Å². The van der Waals surface area contributed by atoms with Crippen molar-refractivity contribution in [2.75, 3.05) is 5.32 Å². The molecule has 6 nitrogen and oxygen atoms in total. The van der Waals surface area contributed by atoms with Crippen LogP contribution in [0.1, 0.15) is 25.5 Å². The van der Waals surface area contributed by atoms with E-state index in [4.69, 9.17) is 4.74 Å². The van der Waals surface area contributed by atoms with Gasteiger partial charge in [0.15, 0.2) is 5.13 Å². The molecule has 0 spiro atoms. The first-order valence-corrected chi connectivity index (χ1v) is 9.02. The number of fused-ring (bicyclic) bond motifs is 1. The highest BCUT2D eigenvalue weighted by Gasteiger charge is 2.20. The van der Waals surface area contributed by atoms with Gasteiger partial charge in [-0.1, -0.05) is 0 Å². The van der Waals surface area contributed by atoms with Crippen molar-refractivity contribution in [1.82, 2.24) is 14.5 Å². The summed E-state index contributed by atoms with van der Waals surface area (Å²) in [6, 6.07) is 5.78. The molecule has 0 bridgehead atoms. The van der Waals surface area contributed by atoms with E-state index in [1.165, 1.54) is 16.9 Å². The number of ether oxygens (including phenoxy) is 1. The lowest BCUT2D eigenvalue weighted by atomic mass is 10.1. The molecular weight excluding hydrogens is 336 g/mol. The SMILES string of the molecule is C[C@@H]1Cc2cc(-c3csc(NC(=O)[C@@H](C)n4ccnc4)n3)ccc2O1. The van der Waals surface area contributed by atoms with Crippen LogP contribution in [0.2, 0.25) is 0 Å². The standard InChI is InChI=1S/C18H18N4O2S/c1-11-7-14-8-13(3-4-16(14)24-11)15-9-25-18(20-15)21-17(23)12(2)22-6-5-19-10-22/h3-6,8-12H,7H2,1-2H3,(H,20,21,23)/t11-,12-/m1/s1. The minimum atomic E-state index is -0.339. The number of rotatable bonds is 4. The van der Waals surface area contributed by atoms with Gasteiger partial charge in [-0.3, -0.25) is 4.79 Å². The Morgan fingerprint density at radius 2 is 2.36 bits per heavy atom. The lowest BCUT2D eigenvalue weighted by Crippen LogP contribution is -2.22. The summed E-state index contributed by atoms with van der Waals surface area (Å²) in [5.41, 5.74) is 3.10. The van der Waals surface area contributed by atoms with Crippen LogP contribution < -0.4 is 10.1 Å². The fraction of sp³-hybridized carbons (Fsp3) is 0.278. The van der Waals surface area contributed by atoms with Crippen LogP contribution >= 0.6 is 11.3 Å². The van der Waals surface area contributed by atoms with Gasteiger partial charge in [0.05, 0.1) is 12.0 Å². The zero-order valence-corrected chi connectivity index (χ0v) is 14.8. The monoisotopic (exact) mass is 354 g/mol. The van der Waals surface area contributed by atoms with Gasteiger partial charge in [0.25, 0.3) is 0 Å².